The number of aromatic nitrogens is 3. The summed E-state index contributed by atoms with van der Waals surface area (Å²) in [6.07, 6.45) is 1.51. The van der Waals surface area contributed by atoms with Crippen molar-refractivity contribution in [3.8, 4) is 11.4 Å². The maximum Gasteiger partial charge on any atom is 0.354 e. The van der Waals surface area contributed by atoms with Gasteiger partial charge in [-0.3, -0.25) is 4.79 Å². The molecular formula is C20H17FN4O4. The van der Waals surface area contributed by atoms with Crippen LogP contribution in [0.4, 0.5) is 4.39 Å². The zero-order valence-corrected chi connectivity index (χ0v) is 15.3. The summed E-state index contributed by atoms with van der Waals surface area (Å²) in [6.45, 7) is 0.899. The molecule has 1 fully saturated rings. The highest BCUT2D eigenvalue weighted by Gasteiger charge is 2.30. The quantitative estimate of drug-likeness (QED) is 0.722. The normalized spacial score (nSPS) is 16.6. The fourth-order valence-electron chi connectivity index (χ4n) is 3.32. The lowest BCUT2D eigenvalue weighted by Gasteiger charge is -2.30. The van der Waals surface area contributed by atoms with Crippen LogP contribution in [-0.2, 0) is 0 Å². The first-order chi connectivity index (χ1) is 14.0. The molecule has 0 aliphatic carbocycles. The van der Waals surface area contributed by atoms with Gasteiger partial charge in [0.25, 0.3) is 5.91 Å². The van der Waals surface area contributed by atoms with Crippen LogP contribution >= 0.6 is 0 Å². The molecule has 1 aliphatic rings. The molecule has 4 rings (SSSR count). The number of nitrogens with zero attached hydrogens (tertiary/aromatic N) is 4. The number of carboxylic acid groups (broad SMARTS) is 1. The number of carbonyl (C=O) groups is 2. The van der Waals surface area contributed by atoms with Crippen LogP contribution in [0.3, 0.4) is 0 Å². The molecule has 3 aromatic rings. The Labute approximate surface area is 165 Å². The number of likely N-dealkylation sites (tertiary alicyclic amines) is 1. The third-order valence-electron chi connectivity index (χ3n) is 4.79. The highest BCUT2D eigenvalue weighted by molar-refractivity contribution is 5.94. The lowest BCUT2D eigenvalue weighted by Crippen LogP contribution is -2.39. The Morgan fingerprint density at radius 2 is 1.86 bits per heavy atom. The maximum absolute atomic E-state index is 13.1. The molecule has 3 heterocycles. The summed E-state index contributed by atoms with van der Waals surface area (Å²) in [4.78, 5) is 33.8. The van der Waals surface area contributed by atoms with E-state index < -0.39 is 5.97 Å². The molecule has 1 aliphatic heterocycles. The van der Waals surface area contributed by atoms with Crippen LogP contribution in [0.25, 0.3) is 11.4 Å². The van der Waals surface area contributed by atoms with Gasteiger partial charge in [-0.05, 0) is 49.2 Å². The summed E-state index contributed by atoms with van der Waals surface area (Å²) in [5.41, 5.74) is 0.549. The van der Waals surface area contributed by atoms with Crippen molar-refractivity contribution in [3.05, 3.63) is 65.6 Å². The number of benzene rings is 1. The van der Waals surface area contributed by atoms with Crippen molar-refractivity contribution < 1.29 is 23.6 Å². The third kappa shape index (κ3) is 3.98. The van der Waals surface area contributed by atoms with Gasteiger partial charge >= 0.3 is 5.97 Å². The van der Waals surface area contributed by atoms with E-state index in [1.54, 1.807) is 17.0 Å². The molecule has 1 saturated heterocycles. The lowest BCUT2D eigenvalue weighted by atomic mass is 9.97. The highest BCUT2D eigenvalue weighted by atomic mass is 19.1. The summed E-state index contributed by atoms with van der Waals surface area (Å²) < 4.78 is 18.5. The predicted octanol–water partition coefficient (Wildman–Crippen LogP) is 2.99. The summed E-state index contributed by atoms with van der Waals surface area (Å²) in [5.74, 6) is -1.24. The number of piperidine rings is 1. The number of hydrogen-bond acceptors (Lipinski definition) is 6. The highest BCUT2D eigenvalue weighted by Crippen LogP contribution is 2.28. The molecule has 0 spiro atoms. The van der Waals surface area contributed by atoms with Gasteiger partial charge in [-0.15, -0.1) is 0 Å². The van der Waals surface area contributed by atoms with E-state index in [9.17, 15) is 14.0 Å². The molecule has 1 unspecified atom stereocenters. The SMILES string of the molecule is O=C(O)c1cccc(C(=O)N2CCCC(c3nc(-c4ccc(F)cc4)no3)C2)n1. The average molecular weight is 396 g/mol. The first-order valence-electron chi connectivity index (χ1n) is 9.10. The van der Waals surface area contributed by atoms with E-state index in [4.69, 9.17) is 9.63 Å². The first-order valence-corrected chi connectivity index (χ1v) is 9.10. The topological polar surface area (TPSA) is 109 Å². The third-order valence-corrected chi connectivity index (χ3v) is 4.79. The number of hydrogen-bond donors (Lipinski definition) is 1. The van der Waals surface area contributed by atoms with E-state index in [1.807, 2.05) is 0 Å². The number of halogens is 1. The average Bonchev–Trinajstić information content (AvgIpc) is 3.24. The molecular weight excluding hydrogens is 379 g/mol. The summed E-state index contributed by atoms with van der Waals surface area (Å²) in [7, 11) is 0. The standard InChI is InChI=1S/C20H17FN4O4/c21-14-8-6-12(7-9-14)17-23-18(29-24-17)13-3-2-10-25(11-13)19(26)15-4-1-5-16(22-15)20(27)28/h1,4-9,13H,2-3,10-11H2,(H,27,28). The van der Waals surface area contributed by atoms with Gasteiger partial charge in [-0.2, -0.15) is 4.98 Å². The Kier molecular flexibility index (Phi) is 5.03. The second-order valence-electron chi connectivity index (χ2n) is 6.77. The van der Waals surface area contributed by atoms with Gasteiger partial charge < -0.3 is 14.5 Å². The van der Waals surface area contributed by atoms with Crippen molar-refractivity contribution in [1.29, 1.82) is 0 Å². The van der Waals surface area contributed by atoms with E-state index in [0.29, 0.717) is 30.4 Å². The number of amides is 1. The van der Waals surface area contributed by atoms with Crippen LogP contribution in [0.5, 0.6) is 0 Å². The largest absolute Gasteiger partial charge is 0.477 e. The molecule has 148 valence electrons. The van der Waals surface area contributed by atoms with Crippen molar-refractivity contribution in [3.63, 3.8) is 0 Å². The predicted molar refractivity (Wildman–Crippen MR) is 98.8 cm³/mol. The molecule has 0 saturated carbocycles. The van der Waals surface area contributed by atoms with Gasteiger partial charge in [0.05, 0.1) is 5.92 Å². The zero-order chi connectivity index (χ0) is 20.4. The van der Waals surface area contributed by atoms with Gasteiger partial charge in [0.15, 0.2) is 0 Å². The summed E-state index contributed by atoms with van der Waals surface area (Å²) in [6, 6.07) is 10.1. The van der Waals surface area contributed by atoms with Gasteiger partial charge in [0.2, 0.25) is 11.7 Å². The van der Waals surface area contributed by atoms with E-state index >= 15 is 0 Å². The van der Waals surface area contributed by atoms with Gasteiger partial charge in [-0.25, -0.2) is 14.2 Å². The molecule has 1 atom stereocenters. The second kappa shape index (κ2) is 7.78. The van der Waals surface area contributed by atoms with Crippen molar-refractivity contribution in [2.24, 2.45) is 0 Å². The first kappa shape index (κ1) is 18.7. The van der Waals surface area contributed by atoms with Crippen LogP contribution in [0, 0.1) is 5.82 Å². The molecule has 2 aromatic heterocycles. The molecule has 0 radical (unpaired) electrons. The Balaban J connectivity index is 1.50. The Morgan fingerprint density at radius 1 is 1.10 bits per heavy atom. The minimum absolute atomic E-state index is 0.0862. The van der Waals surface area contributed by atoms with Gasteiger partial charge in [0.1, 0.15) is 17.2 Å². The fraction of sp³-hybridized carbons (Fsp3) is 0.250. The summed E-state index contributed by atoms with van der Waals surface area (Å²) >= 11 is 0. The minimum atomic E-state index is -1.18. The van der Waals surface area contributed by atoms with E-state index in [-0.39, 0.29) is 29.0 Å². The monoisotopic (exact) mass is 396 g/mol. The second-order valence-corrected chi connectivity index (χ2v) is 6.77. The lowest BCUT2D eigenvalue weighted by molar-refractivity contribution is 0.0683. The fourth-order valence-corrected chi connectivity index (χ4v) is 3.32. The van der Waals surface area contributed by atoms with Crippen LogP contribution in [0.2, 0.25) is 0 Å². The Bertz CT molecular complexity index is 1050. The minimum Gasteiger partial charge on any atom is -0.477 e. The molecule has 29 heavy (non-hydrogen) atoms. The van der Waals surface area contributed by atoms with Crippen LogP contribution in [-0.4, -0.2) is 50.1 Å². The van der Waals surface area contributed by atoms with Crippen LogP contribution < -0.4 is 0 Å². The molecule has 0 bridgehead atoms. The number of pyridine rings is 1. The number of carbonyl (C=O) groups excluding carboxylic acids is 1. The van der Waals surface area contributed by atoms with Gasteiger partial charge in [-0.1, -0.05) is 11.2 Å². The number of aromatic carboxylic acids is 1. The zero-order valence-electron chi connectivity index (χ0n) is 15.3. The molecule has 1 amide bonds. The van der Waals surface area contributed by atoms with Gasteiger partial charge in [0, 0.05) is 18.7 Å². The molecule has 8 nitrogen and oxygen atoms in total. The van der Waals surface area contributed by atoms with E-state index in [0.717, 1.165) is 12.8 Å². The van der Waals surface area contributed by atoms with Crippen molar-refractivity contribution in [2.75, 3.05) is 13.1 Å². The van der Waals surface area contributed by atoms with Crippen LogP contribution in [0.15, 0.2) is 47.0 Å². The Morgan fingerprint density at radius 3 is 2.62 bits per heavy atom. The molecule has 1 aromatic carbocycles. The summed E-state index contributed by atoms with van der Waals surface area (Å²) in [5, 5.41) is 13.0. The van der Waals surface area contributed by atoms with E-state index in [2.05, 4.69) is 15.1 Å². The van der Waals surface area contributed by atoms with Crippen LogP contribution in [0.1, 0.15) is 45.6 Å². The Hall–Kier alpha value is -3.62. The van der Waals surface area contributed by atoms with Crippen molar-refractivity contribution >= 4 is 11.9 Å². The molecule has 1 N–H and O–H groups in total. The van der Waals surface area contributed by atoms with Crippen molar-refractivity contribution in [2.45, 2.75) is 18.8 Å². The van der Waals surface area contributed by atoms with Crippen molar-refractivity contribution in [1.82, 2.24) is 20.0 Å². The number of rotatable bonds is 4. The number of carboxylic acids is 1. The smallest absolute Gasteiger partial charge is 0.354 e. The molecule has 9 heteroatoms. The van der Waals surface area contributed by atoms with E-state index in [1.165, 1.54) is 30.3 Å². The maximum atomic E-state index is 13.1.